The molecule has 150 valence electrons. The smallest absolute Gasteiger partial charge is 0.253 e. The van der Waals surface area contributed by atoms with Crippen LogP contribution in [0.1, 0.15) is 28.4 Å². The van der Waals surface area contributed by atoms with E-state index in [1.165, 1.54) is 4.90 Å². The molecule has 0 aromatic heterocycles. The summed E-state index contributed by atoms with van der Waals surface area (Å²) in [5, 5.41) is 0. The third kappa shape index (κ3) is 3.67. The van der Waals surface area contributed by atoms with Gasteiger partial charge in [0, 0.05) is 52.3 Å². The first-order valence-corrected chi connectivity index (χ1v) is 8.80. The number of hydrogen-bond acceptors (Lipinski definition) is 5. The number of nitrogens with two attached hydrogens (primary N) is 1. The molecule has 0 aliphatic carbocycles. The Bertz CT molecular complexity index is 916. The van der Waals surface area contributed by atoms with Gasteiger partial charge in [-0.1, -0.05) is 0 Å². The van der Waals surface area contributed by atoms with E-state index < -0.39 is 17.7 Å². The molecule has 0 bridgehead atoms. The minimum Gasteiger partial charge on any atom is -0.493 e. The standard InChI is InChI=1S/C20H23F2N3O3/c1-24(2)14-7-11(20(26)25(3)4)8-17(19(14)23)28-15-5-6-27-16-10-12(21)9-13(22)18(15)16/h7-10,15H,5-6,23H2,1-4H3/t15-/m0/s1. The number of benzene rings is 2. The molecule has 0 saturated carbocycles. The number of anilines is 2. The van der Waals surface area contributed by atoms with Crippen LogP contribution in [0.3, 0.4) is 0 Å². The SMILES string of the molecule is CN(C)C(=O)c1cc(O[C@H]2CCOc3cc(F)cc(F)c32)c(N)c(N(C)C)c1. The molecule has 0 fully saturated rings. The van der Waals surface area contributed by atoms with E-state index in [0.29, 0.717) is 23.4 Å². The summed E-state index contributed by atoms with van der Waals surface area (Å²) in [6.07, 6.45) is -0.357. The van der Waals surface area contributed by atoms with E-state index in [-0.39, 0.29) is 29.6 Å². The predicted molar refractivity (Wildman–Crippen MR) is 103 cm³/mol. The molecule has 8 heteroatoms. The van der Waals surface area contributed by atoms with E-state index in [1.807, 2.05) is 0 Å². The van der Waals surface area contributed by atoms with Crippen molar-refractivity contribution in [2.75, 3.05) is 45.4 Å². The minimum atomic E-state index is -0.744. The molecular weight excluding hydrogens is 368 g/mol. The van der Waals surface area contributed by atoms with E-state index >= 15 is 0 Å². The van der Waals surface area contributed by atoms with Gasteiger partial charge in [0.1, 0.15) is 29.2 Å². The summed E-state index contributed by atoms with van der Waals surface area (Å²) < 4.78 is 39.3. The van der Waals surface area contributed by atoms with Crippen molar-refractivity contribution in [1.29, 1.82) is 0 Å². The van der Waals surface area contributed by atoms with E-state index in [0.717, 1.165) is 12.1 Å². The molecule has 0 radical (unpaired) electrons. The highest BCUT2D eigenvalue weighted by Crippen LogP contribution is 2.41. The zero-order chi connectivity index (χ0) is 20.6. The number of halogens is 2. The van der Waals surface area contributed by atoms with Crippen LogP contribution < -0.4 is 20.1 Å². The number of nitrogen functional groups attached to an aromatic ring is 1. The highest BCUT2D eigenvalue weighted by molar-refractivity contribution is 5.97. The summed E-state index contributed by atoms with van der Waals surface area (Å²) in [7, 11) is 6.89. The summed E-state index contributed by atoms with van der Waals surface area (Å²) in [5.74, 6) is -1.30. The Labute approximate surface area is 162 Å². The lowest BCUT2D eigenvalue weighted by Gasteiger charge is -2.28. The number of nitrogens with zero attached hydrogens (tertiary/aromatic N) is 2. The van der Waals surface area contributed by atoms with Crippen LogP contribution in [0.15, 0.2) is 24.3 Å². The van der Waals surface area contributed by atoms with Crippen LogP contribution in [0.25, 0.3) is 0 Å². The maximum Gasteiger partial charge on any atom is 0.253 e. The summed E-state index contributed by atoms with van der Waals surface area (Å²) in [6, 6.07) is 5.15. The van der Waals surface area contributed by atoms with Gasteiger partial charge in [-0.3, -0.25) is 4.79 Å². The Morgan fingerprint density at radius 2 is 1.89 bits per heavy atom. The average Bonchev–Trinajstić information content (AvgIpc) is 2.62. The highest BCUT2D eigenvalue weighted by atomic mass is 19.1. The summed E-state index contributed by atoms with van der Waals surface area (Å²) in [4.78, 5) is 15.7. The minimum absolute atomic E-state index is 0.112. The van der Waals surface area contributed by atoms with Crippen molar-refractivity contribution in [1.82, 2.24) is 4.90 Å². The van der Waals surface area contributed by atoms with Gasteiger partial charge in [0.25, 0.3) is 5.91 Å². The van der Waals surface area contributed by atoms with Crippen LogP contribution in [0, 0.1) is 11.6 Å². The van der Waals surface area contributed by atoms with Gasteiger partial charge in [0.05, 0.1) is 23.5 Å². The zero-order valence-corrected chi connectivity index (χ0v) is 16.3. The van der Waals surface area contributed by atoms with Gasteiger partial charge in [0.2, 0.25) is 0 Å². The van der Waals surface area contributed by atoms with Crippen LogP contribution >= 0.6 is 0 Å². The third-order valence-corrected chi connectivity index (χ3v) is 4.54. The maximum absolute atomic E-state index is 14.4. The van der Waals surface area contributed by atoms with Crippen molar-refractivity contribution >= 4 is 17.3 Å². The topological polar surface area (TPSA) is 68.0 Å². The van der Waals surface area contributed by atoms with Gasteiger partial charge in [0.15, 0.2) is 0 Å². The number of fused-ring (bicyclic) bond motifs is 1. The van der Waals surface area contributed by atoms with Gasteiger partial charge in [-0.05, 0) is 12.1 Å². The molecule has 1 aliphatic rings. The number of ether oxygens (including phenoxy) is 2. The van der Waals surface area contributed by atoms with Gasteiger partial charge < -0.3 is 25.0 Å². The first kappa shape index (κ1) is 19.7. The Balaban J connectivity index is 2.05. The molecule has 0 saturated heterocycles. The number of amides is 1. The van der Waals surface area contributed by atoms with Crippen molar-refractivity contribution in [3.63, 3.8) is 0 Å². The second-order valence-corrected chi connectivity index (χ2v) is 7.04. The lowest BCUT2D eigenvalue weighted by molar-refractivity contribution is 0.0826. The number of carbonyl (C=O) groups excluding carboxylic acids is 1. The molecule has 0 unspecified atom stereocenters. The lowest BCUT2D eigenvalue weighted by atomic mass is 10.0. The van der Waals surface area contributed by atoms with Crippen LogP contribution in [0.2, 0.25) is 0 Å². The molecule has 6 nitrogen and oxygen atoms in total. The Morgan fingerprint density at radius 3 is 2.54 bits per heavy atom. The molecule has 28 heavy (non-hydrogen) atoms. The van der Waals surface area contributed by atoms with Gasteiger partial charge in [-0.15, -0.1) is 0 Å². The summed E-state index contributed by atoms with van der Waals surface area (Å²) >= 11 is 0. The van der Waals surface area contributed by atoms with Crippen molar-refractivity contribution in [2.45, 2.75) is 12.5 Å². The van der Waals surface area contributed by atoms with Crippen molar-refractivity contribution in [2.24, 2.45) is 0 Å². The third-order valence-electron chi connectivity index (χ3n) is 4.54. The molecule has 2 N–H and O–H groups in total. The van der Waals surface area contributed by atoms with Crippen molar-refractivity contribution in [3.8, 4) is 11.5 Å². The fraction of sp³-hybridized carbons (Fsp3) is 0.350. The van der Waals surface area contributed by atoms with Gasteiger partial charge in [-0.25, -0.2) is 8.78 Å². The summed E-state index contributed by atoms with van der Waals surface area (Å²) in [6.45, 7) is 0.247. The van der Waals surface area contributed by atoms with Gasteiger partial charge >= 0.3 is 0 Å². The van der Waals surface area contributed by atoms with Crippen LogP contribution in [-0.4, -0.2) is 45.6 Å². The van der Waals surface area contributed by atoms with Crippen LogP contribution in [0.5, 0.6) is 11.5 Å². The number of hydrogen-bond donors (Lipinski definition) is 1. The first-order valence-electron chi connectivity index (χ1n) is 8.80. The maximum atomic E-state index is 14.4. The second kappa shape index (κ2) is 7.53. The lowest BCUT2D eigenvalue weighted by Crippen LogP contribution is -2.24. The summed E-state index contributed by atoms with van der Waals surface area (Å²) in [5.41, 5.74) is 7.72. The molecule has 1 amide bonds. The van der Waals surface area contributed by atoms with Gasteiger partial charge in [-0.2, -0.15) is 0 Å². The quantitative estimate of drug-likeness (QED) is 0.811. The molecule has 1 atom stereocenters. The Morgan fingerprint density at radius 1 is 1.18 bits per heavy atom. The molecule has 2 aromatic rings. The second-order valence-electron chi connectivity index (χ2n) is 7.04. The molecule has 1 heterocycles. The van der Waals surface area contributed by atoms with E-state index in [2.05, 4.69) is 0 Å². The monoisotopic (exact) mass is 391 g/mol. The largest absolute Gasteiger partial charge is 0.493 e. The predicted octanol–water partition coefficient (Wildman–Crippen LogP) is 3.22. The Kier molecular flexibility index (Phi) is 5.31. The first-order chi connectivity index (χ1) is 13.2. The zero-order valence-electron chi connectivity index (χ0n) is 16.3. The Hall–Kier alpha value is -3.03. The van der Waals surface area contributed by atoms with E-state index in [9.17, 15) is 13.6 Å². The van der Waals surface area contributed by atoms with Crippen LogP contribution in [0.4, 0.5) is 20.2 Å². The van der Waals surface area contributed by atoms with Crippen LogP contribution in [-0.2, 0) is 0 Å². The number of carbonyl (C=O) groups is 1. The normalized spacial score (nSPS) is 15.4. The van der Waals surface area contributed by atoms with E-state index in [1.54, 1.807) is 45.2 Å². The molecule has 1 aliphatic heterocycles. The molecule has 2 aromatic carbocycles. The van der Waals surface area contributed by atoms with Crippen molar-refractivity contribution in [3.05, 3.63) is 47.0 Å². The highest BCUT2D eigenvalue weighted by Gasteiger charge is 2.29. The molecule has 3 rings (SSSR count). The fourth-order valence-corrected chi connectivity index (χ4v) is 3.15. The molecule has 0 spiro atoms. The fourth-order valence-electron chi connectivity index (χ4n) is 3.15. The average molecular weight is 391 g/mol. The van der Waals surface area contributed by atoms with Crippen molar-refractivity contribution < 1.29 is 23.0 Å². The molecular formula is C20H23F2N3O3. The number of rotatable bonds is 4. The van der Waals surface area contributed by atoms with E-state index in [4.69, 9.17) is 15.2 Å².